The zero-order valence-corrected chi connectivity index (χ0v) is 8.80. The zero-order chi connectivity index (χ0) is 9.47. The number of piperidine rings is 1. The molecule has 0 radical (unpaired) electrons. The summed E-state index contributed by atoms with van der Waals surface area (Å²) in [6.45, 7) is 9.98. The Bertz CT molecular complexity index is 268. The molecule has 72 valence electrons. The van der Waals surface area contributed by atoms with Crippen LogP contribution in [0.1, 0.15) is 27.2 Å². The molecule has 0 unspecified atom stereocenters. The van der Waals surface area contributed by atoms with Gasteiger partial charge in [0.15, 0.2) is 0 Å². The van der Waals surface area contributed by atoms with Crippen LogP contribution in [0.15, 0.2) is 16.6 Å². The Morgan fingerprint density at radius 3 is 2.85 bits per heavy atom. The van der Waals surface area contributed by atoms with Crippen molar-refractivity contribution in [2.45, 2.75) is 32.7 Å². The van der Waals surface area contributed by atoms with E-state index in [9.17, 15) is 0 Å². The first-order valence-electron chi connectivity index (χ1n) is 5.05. The van der Waals surface area contributed by atoms with Gasteiger partial charge in [0.1, 0.15) is 0 Å². The van der Waals surface area contributed by atoms with Gasteiger partial charge in [0, 0.05) is 18.6 Å². The van der Waals surface area contributed by atoms with Gasteiger partial charge in [-0.1, -0.05) is 6.08 Å². The molecule has 2 rings (SSSR count). The molecule has 0 atom stereocenters. The predicted molar refractivity (Wildman–Crippen MR) is 56.3 cm³/mol. The molecule has 2 heterocycles. The van der Waals surface area contributed by atoms with Crippen molar-refractivity contribution in [3.8, 4) is 0 Å². The van der Waals surface area contributed by atoms with Crippen LogP contribution in [0.2, 0.25) is 0 Å². The first-order chi connectivity index (χ1) is 6.07. The summed E-state index contributed by atoms with van der Waals surface area (Å²) in [4.78, 5) is 7.01. The number of nitrogens with zero attached hydrogens (tertiary/aromatic N) is 2. The first kappa shape index (κ1) is 8.95. The van der Waals surface area contributed by atoms with Crippen LogP contribution in [0, 0.1) is 0 Å². The molecule has 0 N–H and O–H groups in total. The van der Waals surface area contributed by atoms with E-state index in [1.54, 1.807) is 0 Å². The zero-order valence-electron chi connectivity index (χ0n) is 8.80. The highest BCUT2D eigenvalue weighted by Crippen LogP contribution is 2.23. The SMILES string of the molecule is CC(C)(C)N1CCC2=CCN=C2C1. The quantitative estimate of drug-likeness (QED) is 0.553. The molecule has 2 nitrogen and oxygen atoms in total. The molecule has 0 aromatic rings. The van der Waals surface area contributed by atoms with Gasteiger partial charge in [0.25, 0.3) is 0 Å². The van der Waals surface area contributed by atoms with Crippen molar-refractivity contribution in [1.29, 1.82) is 0 Å². The molecule has 13 heavy (non-hydrogen) atoms. The molecule has 0 aromatic carbocycles. The Morgan fingerprint density at radius 1 is 1.38 bits per heavy atom. The van der Waals surface area contributed by atoms with Gasteiger partial charge in [-0.05, 0) is 32.8 Å². The molecular weight excluding hydrogens is 160 g/mol. The maximum atomic E-state index is 4.50. The topological polar surface area (TPSA) is 15.6 Å². The average molecular weight is 178 g/mol. The maximum Gasteiger partial charge on any atom is 0.0580 e. The molecule has 2 aliphatic rings. The van der Waals surface area contributed by atoms with Crippen LogP contribution in [-0.2, 0) is 0 Å². The van der Waals surface area contributed by atoms with Gasteiger partial charge < -0.3 is 0 Å². The highest BCUT2D eigenvalue weighted by molar-refractivity contribution is 6.03. The summed E-state index contributed by atoms with van der Waals surface area (Å²) in [5.74, 6) is 0. The third-order valence-electron chi connectivity index (χ3n) is 2.93. The molecule has 2 aliphatic heterocycles. The standard InChI is InChI=1S/C11H18N2/c1-11(2,3)13-7-5-9-4-6-12-10(9)8-13/h4H,5-8H2,1-3H3. The summed E-state index contributed by atoms with van der Waals surface area (Å²) in [6.07, 6.45) is 3.46. The lowest BCUT2D eigenvalue weighted by molar-refractivity contribution is 0.156. The smallest absolute Gasteiger partial charge is 0.0580 e. The van der Waals surface area contributed by atoms with Crippen molar-refractivity contribution in [1.82, 2.24) is 4.90 Å². The van der Waals surface area contributed by atoms with Gasteiger partial charge in [-0.15, -0.1) is 0 Å². The maximum absolute atomic E-state index is 4.50. The van der Waals surface area contributed by atoms with Gasteiger partial charge in [-0.3, -0.25) is 9.89 Å². The van der Waals surface area contributed by atoms with Crippen LogP contribution >= 0.6 is 0 Å². The second kappa shape index (κ2) is 2.95. The molecule has 0 bridgehead atoms. The normalized spacial score (nSPS) is 23.9. The van der Waals surface area contributed by atoms with Crippen LogP contribution in [0.5, 0.6) is 0 Å². The van der Waals surface area contributed by atoms with Crippen LogP contribution in [0.25, 0.3) is 0 Å². The van der Waals surface area contributed by atoms with Crippen molar-refractivity contribution in [2.24, 2.45) is 4.99 Å². The molecule has 0 aliphatic carbocycles. The van der Waals surface area contributed by atoms with Crippen molar-refractivity contribution >= 4 is 5.71 Å². The fraction of sp³-hybridized carbons (Fsp3) is 0.727. The van der Waals surface area contributed by atoms with E-state index in [4.69, 9.17) is 0 Å². The number of aliphatic imine (C=N–C) groups is 1. The average Bonchev–Trinajstić information content (AvgIpc) is 2.47. The van der Waals surface area contributed by atoms with E-state index < -0.39 is 0 Å². The van der Waals surface area contributed by atoms with Crippen molar-refractivity contribution in [3.05, 3.63) is 11.6 Å². The third kappa shape index (κ3) is 1.68. The summed E-state index contributed by atoms with van der Waals surface area (Å²) in [5, 5.41) is 0. The number of fused-ring (bicyclic) bond motifs is 1. The van der Waals surface area contributed by atoms with Crippen molar-refractivity contribution in [2.75, 3.05) is 19.6 Å². The van der Waals surface area contributed by atoms with E-state index in [1.807, 2.05) is 0 Å². The number of hydrogen-bond acceptors (Lipinski definition) is 2. The Hall–Kier alpha value is -0.630. The van der Waals surface area contributed by atoms with E-state index in [0.717, 1.165) is 13.1 Å². The Kier molecular flexibility index (Phi) is 2.03. The number of likely N-dealkylation sites (tertiary alicyclic amines) is 1. The fourth-order valence-electron chi connectivity index (χ4n) is 1.97. The van der Waals surface area contributed by atoms with Gasteiger partial charge in [0.05, 0.1) is 12.3 Å². The molecular formula is C11H18N2. The first-order valence-corrected chi connectivity index (χ1v) is 5.05. The number of hydrogen-bond donors (Lipinski definition) is 0. The molecule has 1 saturated heterocycles. The molecule has 0 spiro atoms. The van der Waals surface area contributed by atoms with Crippen molar-refractivity contribution < 1.29 is 0 Å². The largest absolute Gasteiger partial charge is 0.292 e. The lowest BCUT2D eigenvalue weighted by Gasteiger charge is -2.39. The van der Waals surface area contributed by atoms with Crippen LogP contribution < -0.4 is 0 Å². The molecule has 1 fully saturated rings. The van der Waals surface area contributed by atoms with E-state index >= 15 is 0 Å². The lowest BCUT2D eigenvalue weighted by atomic mass is 9.97. The Labute approximate surface area is 80.3 Å². The van der Waals surface area contributed by atoms with Crippen LogP contribution in [-0.4, -0.2) is 35.8 Å². The highest BCUT2D eigenvalue weighted by Gasteiger charge is 2.28. The predicted octanol–water partition coefficient (Wildman–Crippen LogP) is 1.87. The van der Waals surface area contributed by atoms with Gasteiger partial charge in [-0.2, -0.15) is 0 Å². The minimum Gasteiger partial charge on any atom is -0.292 e. The fourth-order valence-corrected chi connectivity index (χ4v) is 1.97. The van der Waals surface area contributed by atoms with E-state index in [1.165, 1.54) is 24.3 Å². The molecule has 0 aromatic heterocycles. The van der Waals surface area contributed by atoms with Gasteiger partial charge in [-0.25, -0.2) is 0 Å². The van der Waals surface area contributed by atoms with Crippen LogP contribution in [0.4, 0.5) is 0 Å². The van der Waals surface area contributed by atoms with Gasteiger partial charge >= 0.3 is 0 Å². The summed E-state index contributed by atoms with van der Waals surface area (Å²) in [7, 11) is 0. The Morgan fingerprint density at radius 2 is 2.15 bits per heavy atom. The third-order valence-corrected chi connectivity index (χ3v) is 2.93. The second-order valence-electron chi connectivity index (χ2n) is 4.86. The second-order valence-corrected chi connectivity index (χ2v) is 4.86. The summed E-state index contributed by atoms with van der Waals surface area (Å²) < 4.78 is 0. The molecule has 0 amide bonds. The molecule has 2 heteroatoms. The summed E-state index contributed by atoms with van der Waals surface area (Å²) >= 11 is 0. The van der Waals surface area contributed by atoms with Crippen molar-refractivity contribution in [3.63, 3.8) is 0 Å². The molecule has 0 saturated carbocycles. The van der Waals surface area contributed by atoms with E-state index in [-0.39, 0.29) is 5.54 Å². The van der Waals surface area contributed by atoms with Gasteiger partial charge in [0.2, 0.25) is 0 Å². The van der Waals surface area contributed by atoms with E-state index in [0.29, 0.717) is 0 Å². The lowest BCUT2D eigenvalue weighted by Crippen LogP contribution is -2.47. The monoisotopic (exact) mass is 178 g/mol. The summed E-state index contributed by atoms with van der Waals surface area (Å²) in [5.41, 5.74) is 3.12. The number of rotatable bonds is 0. The highest BCUT2D eigenvalue weighted by atomic mass is 15.2. The summed E-state index contributed by atoms with van der Waals surface area (Å²) in [6, 6.07) is 0. The minimum atomic E-state index is 0.288. The van der Waals surface area contributed by atoms with E-state index in [2.05, 4.69) is 36.7 Å². The van der Waals surface area contributed by atoms with Crippen LogP contribution in [0.3, 0.4) is 0 Å². The Balaban J connectivity index is 2.10. The minimum absolute atomic E-state index is 0.288.